The molecule has 3 N–H and O–H groups in total. The molecule has 1 amide bonds. The van der Waals surface area contributed by atoms with Crippen molar-refractivity contribution < 1.29 is 15.0 Å². The van der Waals surface area contributed by atoms with Crippen molar-refractivity contribution >= 4 is 5.91 Å². The van der Waals surface area contributed by atoms with Gasteiger partial charge >= 0.3 is 0 Å². The van der Waals surface area contributed by atoms with Gasteiger partial charge in [-0.1, -0.05) is 24.3 Å². The van der Waals surface area contributed by atoms with Crippen LogP contribution in [0.3, 0.4) is 0 Å². The van der Waals surface area contributed by atoms with Crippen LogP contribution in [0, 0.1) is 0 Å². The SMILES string of the molecule is O=C([C@@H]1Cc2ccccc2CN1)N(CCO)CCO. The lowest BCUT2D eigenvalue weighted by atomic mass is 9.95. The number of nitrogens with zero attached hydrogens (tertiary/aromatic N) is 1. The summed E-state index contributed by atoms with van der Waals surface area (Å²) in [5.74, 6) is -0.0578. The summed E-state index contributed by atoms with van der Waals surface area (Å²) in [6, 6.07) is 7.80. The summed E-state index contributed by atoms with van der Waals surface area (Å²) in [6.07, 6.45) is 0.655. The van der Waals surface area contributed by atoms with E-state index in [-0.39, 0.29) is 38.3 Å². The van der Waals surface area contributed by atoms with Crippen LogP contribution in [-0.2, 0) is 17.8 Å². The Morgan fingerprint density at radius 1 is 1.21 bits per heavy atom. The van der Waals surface area contributed by atoms with Gasteiger partial charge in [0.05, 0.1) is 19.3 Å². The second kappa shape index (κ2) is 6.65. The Hall–Kier alpha value is -1.43. The number of rotatable bonds is 5. The van der Waals surface area contributed by atoms with Crippen molar-refractivity contribution in [2.75, 3.05) is 26.3 Å². The Bertz CT molecular complexity index is 430. The van der Waals surface area contributed by atoms with E-state index in [1.807, 2.05) is 18.2 Å². The van der Waals surface area contributed by atoms with E-state index >= 15 is 0 Å². The molecule has 2 rings (SSSR count). The Morgan fingerprint density at radius 2 is 1.84 bits per heavy atom. The molecule has 104 valence electrons. The van der Waals surface area contributed by atoms with E-state index in [4.69, 9.17) is 10.2 Å². The van der Waals surface area contributed by atoms with Crippen molar-refractivity contribution in [3.63, 3.8) is 0 Å². The summed E-state index contributed by atoms with van der Waals surface area (Å²) in [4.78, 5) is 13.8. The molecule has 0 saturated carbocycles. The lowest BCUT2D eigenvalue weighted by Gasteiger charge is -2.30. The average molecular weight is 264 g/mol. The summed E-state index contributed by atoms with van der Waals surface area (Å²) in [5.41, 5.74) is 2.41. The van der Waals surface area contributed by atoms with E-state index in [1.165, 1.54) is 16.0 Å². The Balaban J connectivity index is 2.04. The van der Waals surface area contributed by atoms with E-state index in [9.17, 15) is 4.79 Å². The van der Waals surface area contributed by atoms with Crippen LogP contribution in [0.25, 0.3) is 0 Å². The zero-order chi connectivity index (χ0) is 13.7. The van der Waals surface area contributed by atoms with Crippen LogP contribution < -0.4 is 5.32 Å². The van der Waals surface area contributed by atoms with Crippen molar-refractivity contribution in [1.29, 1.82) is 0 Å². The standard InChI is InChI=1S/C14H20N2O3/c17-7-5-16(6-8-18)14(19)13-9-11-3-1-2-4-12(11)10-15-13/h1-4,13,15,17-18H,5-10H2/t13-/m0/s1. The Morgan fingerprint density at radius 3 is 2.47 bits per heavy atom. The number of benzene rings is 1. The third-order valence-electron chi connectivity index (χ3n) is 3.43. The first-order chi connectivity index (χ1) is 9.26. The topological polar surface area (TPSA) is 72.8 Å². The van der Waals surface area contributed by atoms with Crippen LogP contribution in [-0.4, -0.2) is 53.4 Å². The molecule has 0 fully saturated rings. The lowest BCUT2D eigenvalue weighted by Crippen LogP contribution is -2.50. The maximum Gasteiger partial charge on any atom is 0.240 e. The first kappa shape index (κ1) is 14.0. The molecule has 0 radical (unpaired) electrons. The molecule has 0 bridgehead atoms. The monoisotopic (exact) mass is 264 g/mol. The largest absolute Gasteiger partial charge is 0.395 e. The maximum absolute atomic E-state index is 12.3. The number of aliphatic hydroxyl groups excluding tert-OH is 2. The highest BCUT2D eigenvalue weighted by Gasteiger charge is 2.27. The third-order valence-corrected chi connectivity index (χ3v) is 3.43. The number of nitrogens with one attached hydrogen (secondary N) is 1. The molecule has 0 aromatic heterocycles. The summed E-state index contributed by atoms with van der Waals surface area (Å²) in [5, 5.41) is 21.2. The second-order valence-corrected chi connectivity index (χ2v) is 4.68. The Kier molecular flexibility index (Phi) is 4.90. The molecule has 1 aliphatic rings. The molecule has 0 aliphatic carbocycles. The molecule has 5 heteroatoms. The summed E-state index contributed by atoms with van der Waals surface area (Å²) in [7, 11) is 0. The smallest absolute Gasteiger partial charge is 0.240 e. The van der Waals surface area contributed by atoms with Gasteiger partial charge in [-0.05, 0) is 17.5 Å². The molecule has 0 saturated heterocycles. The van der Waals surface area contributed by atoms with Gasteiger partial charge in [0.15, 0.2) is 0 Å². The molecule has 1 aliphatic heterocycles. The average Bonchev–Trinajstić information content (AvgIpc) is 2.46. The molecule has 1 aromatic carbocycles. The predicted molar refractivity (Wildman–Crippen MR) is 71.5 cm³/mol. The van der Waals surface area contributed by atoms with E-state index in [0.29, 0.717) is 13.0 Å². The van der Waals surface area contributed by atoms with Gasteiger partial charge < -0.3 is 20.4 Å². The fourth-order valence-corrected chi connectivity index (χ4v) is 2.42. The highest BCUT2D eigenvalue weighted by Crippen LogP contribution is 2.17. The van der Waals surface area contributed by atoms with Gasteiger partial charge in [0.1, 0.15) is 0 Å². The minimum atomic E-state index is -0.270. The second-order valence-electron chi connectivity index (χ2n) is 4.68. The number of hydrogen-bond acceptors (Lipinski definition) is 4. The van der Waals surface area contributed by atoms with Gasteiger partial charge in [-0.15, -0.1) is 0 Å². The quantitative estimate of drug-likeness (QED) is 0.671. The molecule has 0 spiro atoms. The van der Waals surface area contributed by atoms with Crippen LogP contribution >= 0.6 is 0 Å². The van der Waals surface area contributed by atoms with Gasteiger partial charge in [-0.2, -0.15) is 0 Å². The van der Waals surface area contributed by atoms with Crippen LogP contribution in [0.15, 0.2) is 24.3 Å². The minimum Gasteiger partial charge on any atom is -0.395 e. The number of fused-ring (bicyclic) bond motifs is 1. The first-order valence-electron chi connectivity index (χ1n) is 6.57. The van der Waals surface area contributed by atoms with Gasteiger partial charge in [-0.3, -0.25) is 4.79 Å². The van der Waals surface area contributed by atoms with Crippen LogP contribution in [0.2, 0.25) is 0 Å². The minimum absolute atomic E-state index is 0.0578. The highest BCUT2D eigenvalue weighted by atomic mass is 16.3. The van der Waals surface area contributed by atoms with Crippen LogP contribution in [0.1, 0.15) is 11.1 Å². The number of amides is 1. The Labute approximate surface area is 112 Å². The van der Waals surface area contributed by atoms with Crippen molar-refractivity contribution in [2.45, 2.75) is 19.0 Å². The van der Waals surface area contributed by atoms with E-state index in [1.54, 1.807) is 0 Å². The molecule has 5 nitrogen and oxygen atoms in total. The molecular formula is C14H20N2O3. The van der Waals surface area contributed by atoms with Crippen molar-refractivity contribution in [3.8, 4) is 0 Å². The van der Waals surface area contributed by atoms with E-state index in [0.717, 1.165) is 0 Å². The summed E-state index contributed by atoms with van der Waals surface area (Å²) >= 11 is 0. The van der Waals surface area contributed by atoms with Gasteiger partial charge in [0.25, 0.3) is 0 Å². The highest BCUT2D eigenvalue weighted by molar-refractivity contribution is 5.82. The number of aliphatic hydroxyl groups is 2. The van der Waals surface area contributed by atoms with Crippen molar-refractivity contribution in [3.05, 3.63) is 35.4 Å². The van der Waals surface area contributed by atoms with Gasteiger partial charge in [0.2, 0.25) is 5.91 Å². The third kappa shape index (κ3) is 3.32. The fraction of sp³-hybridized carbons (Fsp3) is 0.500. The molecule has 0 unspecified atom stereocenters. The van der Waals surface area contributed by atoms with Crippen LogP contribution in [0.5, 0.6) is 0 Å². The summed E-state index contributed by atoms with van der Waals surface area (Å²) < 4.78 is 0. The molecular weight excluding hydrogens is 244 g/mol. The fourth-order valence-electron chi connectivity index (χ4n) is 2.42. The molecule has 1 heterocycles. The molecule has 19 heavy (non-hydrogen) atoms. The first-order valence-corrected chi connectivity index (χ1v) is 6.57. The maximum atomic E-state index is 12.3. The summed E-state index contributed by atoms with van der Waals surface area (Å²) in [6.45, 7) is 1.03. The van der Waals surface area contributed by atoms with Gasteiger partial charge in [-0.25, -0.2) is 0 Å². The van der Waals surface area contributed by atoms with Crippen molar-refractivity contribution in [2.24, 2.45) is 0 Å². The molecule has 1 atom stereocenters. The van der Waals surface area contributed by atoms with E-state index < -0.39 is 0 Å². The normalized spacial score (nSPS) is 17.9. The number of carbonyl (C=O) groups excluding carboxylic acids is 1. The van der Waals surface area contributed by atoms with Crippen molar-refractivity contribution in [1.82, 2.24) is 10.2 Å². The number of hydrogen-bond donors (Lipinski definition) is 3. The lowest BCUT2D eigenvalue weighted by molar-refractivity contribution is -0.134. The zero-order valence-electron chi connectivity index (χ0n) is 10.9. The zero-order valence-corrected chi connectivity index (χ0v) is 10.9. The predicted octanol–water partition coefficient (Wildman–Crippen LogP) is -0.486. The molecule has 1 aromatic rings. The number of carbonyl (C=O) groups is 1. The van der Waals surface area contributed by atoms with E-state index in [2.05, 4.69) is 11.4 Å². The van der Waals surface area contributed by atoms with Crippen LogP contribution in [0.4, 0.5) is 0 Å². The van der Waals surface area contributed by atoms with Gasteiger partial charge in [0, 0.05) is 19.6 Å².